The van der Waals surface area contributed by atoms with Crippen LogP contribution < -0.4 is 0 Å². The lowest BCUT2D eigenvalue weighted by molar-refractivity contribution is -0.145. The molecule has 2 rings (SSSR count). The van der Waals surface area contributed by atoms with Gasteiger partial charge in [0.15, 0.2) is 0 Å². The minimum Gasteiger partial charge on any atom is -0.466 e. The van der Waals surface area contributed by atoms with Gasteiger partial charge in [0.05, 0.1) is 13.0 Å². The fraction of sp³-hybridized carbons (Fsp3) is 0.900. The average molecular weight is 183 g/mol. The van der Waals surface area contributed by atoms with Crippen molar-refractivity contribution in [2.75, 3.05) is 26.2 Å². The Labute approximate surface area is 79.0 Å². The molecule has 0 radical (unpaired) electrons. The second kappa shape index (κ2) is 3.29. The van der Waals surface area contributed by atoms with Crippen LogP contribution in [0, 0.1) is 5.41 Å². The Bertz CT molecular complexity index is 207. The van der Waals surface area contributed by atoms with E-state index in [-0.39, 0.29) is 11.4 Å². The van der Waals surface area contributed by atoms with Crippen LogP contribution in [0.1, 0.15) is 26.2 Å². The van der Waals surface area contributed by atoms with Crippen LogP contribution in [0.4, 0.5) is 0 Å². The lowest BCUT2D eigenvalue weighted by Crippen LogP contribution is -2.24. The number of nitrogens with zero attached hydrogens (tertiary/aromatic N) is 1. The number of hydrogen-bond donors (Lipinski definition) is 0. The summed E-state index contributed by atoms with van der Waals surface area (Å²) < 4.78 is 4.99. The van der Waals surface area contributed by atoms with Crippen LogP contribution in [0.5, 0.6) is 0 Å². The van der Waals surface area contributed by atoms with Crippen molar-refractivity contribution in [3.05, 3.63) is 0 Å². The normalized spacial score (nSPS) is 36.5. The second-order valence-electron chi connectivity index (χ2n) is 4.26. The standard InChI is InChI=1S/C10H17NO2/c1-2-13-9(12)7-10-3-5-11(8-10)6-4-10/h2-8H2,1H3. The summed E-state index contributed by atoms with van der Waals surface area (Å²) in [6.07, 6.45) is 3.01. The first-order chi connectivity index (χ1) is 6.24. The van der Waals surface area contributed by atoms with Gasteiger partial charge in [0.2, 0.25) is 0 Å². The molecule has 2 bridgehead atoms. The highest BCUT2D eigenvalue weighted by Crippen LogP contribution is 2.43. The zero-order valence-corrected chi connectivity index (χ0v) is 8.21. The first-order valence-corrected chi connectivity index (χ1v) is 5.12. The van der Waals surface area contributed by atoms with Gasteiger partial charge < -0.3 is 9.64 Å². The molecule has 0 atom stereocenters. The Morgan fingerprint density at radius 1 is 1.46 bits per heavy atom. The molecule has 74 valence electrons. The molecule has 0 aromatic heterocycles. The molecule has 0 N–H and O–H groups in total. The lowest BCUT2D eigenvalue weighted by atomic mass is 9.81. The van der Waals surface area contributed by atoms with Gasteiger partial charge in [-0.2, -0.15) is 0 Å². The Kier molecular flexibility index (Phi) is 2.28. The molecule has 2 fully saturated rings. The molecular weight excluding hydrogens is 166 g/mol. The van der Waals surface area contributed by atoms with Crippen LogP contribution >= 0.6 is 0 Å². The van der Waals surface area contributed by atoms with Crippen LogP contribution in [0.25, 0.3) is 0 Å². The third kappa shape index (κ3) is 1.70. The molecule has 3 nitrogen and oxygen atoms in total. The maximum Gasteiger partial charge on any atom is 0.306 e. The van der Waals surface area contributed by atoms with Crippen LogP contribution in [0.3, 0.4) is 0 Å². The number of carbonyl (C=O) groups is 1. The number of ether oxygens (including phenoxy) is 1. The molecule has 0 aromatic carbocycles. The molecule has 0 spiro atoms. The number of hydrogen-bond acceptors (Lipinski definition) is 3. The van der Waals surface area contributed by atoms with Gasteiger partial charge in [0.25, 0.3) is 0 Å². The molecule has 2 saturated heterocycles. The van der Waals surface area contributed by atoms with Gasteiger partial charge in [-0.05, 0) is 38.3 Å². The topological polar surface area (TPSA) is 29.5 Å². The van der Waals surface area contributed by atoms with Gasteiger partial charge in [0, 0.05) is 6.54 Å². The van der Waals surface area contributed by atoms with Crippen molar-refractivity contribution in [1.29, 1.82) is 0 Å². The fourth-order valence-corrected chi connectivity index (χ4v) is 2.57. The largest absolute Gasteiger partial charge is 0.466 e. The highest BCUT2D eigenvalue weighted by Gasteiger charge is 2.44. The number of carbonyl (C=O) groups excluding carboxylic acids is 1. The van der Waals surface area contributed by atoms with Crippen molar-refractivity contribution in [1.82, 2.24) is 4.90 Å². The zero-order chi connectivity index (χ0) is 9.31. The highest BCUT2D eigenvalue weighted by molar-refractivity contribution is 5.70. The SMILES string of the molecule is CCOC(=O)CC12CCN(CC1)C2. The van der Waals surface area contributed by atoms with Crippen molar-refractivity contribution >= 4 is 5.97 Å². The van der Waals surface area contributed by atoms with Crippen LogP contribution in [0.15, 0.2) is 0 Å². The molecule has 13 heavy (non-hydrogen) atoms. The third-order valence-electron chi connectivity index (χ3n) is 3.30. The van der Waals surface area contributed by atoms with Gasteiger partial charge in [0.1, 0.15) is 0 Å². The molecule has 3 heteroatoms. The number of esters is 1. The van der Waals surface area contributed by atoms with Crippen LogP contribution in [-0.4, -0.2) is 37.1 Å². The van der Waals surface area contributed by atoms with Gasteiger partial charge in [-0.15, -0.1) is 0 Å². The van der Waals surface area contributed by atoms with E-state index in [9.17, 15) is 4.79 Å². The zero-order valence-electron chi connectivity index (χ0n) is 8.21. The van der Waals surface area contributed by atoms with E-state index in [4.69, 9.17) is 4.74 Å². The Morgan fingerprint density at radius 3 is 2.62 bits per heavy atom. The monoisotopic (exact) mass is 183 g/mol. The molecule has 2 heterocycles. The summed E-state index contributed by atoms with van der Waals surface area (Å²) in [5, 5.41) is 0. The summed E-state index contributed by atoms with van der Waals surface area (Å²) in [6.45, 7) is 5.86. The van der Waals surface area contributed by atoms with E-state index < -0.39 is 0 Å². The Morgan fingerprint density at radius 2 is 2.15 bits per heavy atom. The second-order valence-corrected chi connectivity index (χ2v) is 4.26. The van der Waals surface area contributed by atoms with Crippen LogP contribution in [0.2, 0.25) is 0 Å². The van der Waals surface area contributed by atoms with Gasteiger partial charge in [-0.1, -0.05) is 0 Å². The quantitative estimate of drug-likeness (QED) is 0.612. The number of rotatable bonds is 3. The summed E-state index contributed by atoms with van der Waals surface area (Å²) in [7, 11) is 0. The van der Waals surface area contributed by atoms with E-state index in [0.717, 1.165) is 6.54 Å². The highest BCUT2D eigenvalue weighted by atomic mass is 16.5. The minimum absolute atomic E-state index is 0.00810. The summed E-state index contributed by atoms with van der Waals surface area (Å²) in [6, 6.07) is 0. The smallest absolute Gasteiger partial charge is 0.306 e. The van der Waals surface area contributed by atoms with Crippen molar-refractivity contribution in [3.63, 3.8) is 0 Å². The molecule has 0 amide bonds. The van der Waals surface area contributed by atoms with E-state index in [1.807, 2.05) is 6.92 Å². The van der Waals surface area contributed by atoms with Crippen molar-refractivity contribution in [3.8, 4) is 0 Å². The average Bonchev–Trinajstić information content (AvgIpc) is 2.63. The van der Waals surface area contributed by atoms with E-state index in [0.29, 0.717) is 13.0 Å². The minimum atomic E-state index is -0.00810. The van der Waals surface area contributed by atoms with Gasteiger partial charge >= 0.3 is 5.97 Å². The Balaban J connectivity index is 1.90. The number of piperidine rings is 1. The van der Waals surface area contributed by atoms with E-state index in [2.05, 4.69) is 4.90 Å². The molecule has 0 saturated carbocycles. The predicted octanol–water partition coefficient (Wildman–Crippen LogP) is 1.04. The molecule has 2 aliphatic heterocycles. The van der Waals surface area contributed by atoms with Crippen molar-refractivity contribution in [2.45, 2.75) is 26.2 Å². The van der Waals surface area contributed by atoms with E-state index >= 15 is 0 Å². The fourth-order valence-electron chi connectivity index (χ4n) is 2.57. The third-order valence-corrected chi connectivity index (χ3v) is 3.30. The van der Waals surface area contributed by atoms with Gasteiger partial charge in [-0.25, -0.2) is 0 Å². The lowest BCUT2D eigenvalue weighted by Gasteiger charge is -2.23. The summed E-state index contributed by atoms with van der Waals surface area (Å²) in [5.74, 6) is -0.00810. The molecule has 0 unspecified atom stereocenters. The Hall–Kier alpha value is -0.570. The van der Waals surface area contributed by atoms with Crippen molar-refractivity contribution < 1.29 is 9.53 Å². The maximum absolute atomic E-state index is 11.3. The first kappa shape index (κ1) is 9.00. The molecular formula is C10H17NO2. The maximum atomic E-state index is 11.3. The van der Waals surface area contributed by atoms with Crippen molar-refractivity contribution in [2.24, 2.45) is 5.41 Å². The first-order valence-electron chi connectivity index (χ1n) is 5.12. The number of fused-ring (bicyclic) bond motifs is 2. The van der Waals surface area contributed by atoms with Gasteiger partial charge in [-0.3, -0.25) is 4.79 Å². The molecule has 0 aromatic rings. The van der Waals surface area contributed by atoms with E-state index in [1.54, 1.807) is 0 Å². The summed E-state index contributed by atoms with van der Waals surface area (Å²) >= 11 is 0. The molecule has 0 aliphatic carbocycles. The summed E-state index contributed by atoms with van der Waals surface area (Å²) in [4.78, 5) is 13.8. The molecule has 2 aliphatic rings. The van der Waals surface area contributed by atoms with Crippen LogP contribution in [-0.2, 0) is 9.53 Å². The van der Waals surface area contributed by atoms with E-state index in [1.165, 1.54) is 25.9 Å². The summed E-state index contributed by atoms with van der Waals surface area (Å²) in [5.41, 5.74) is 0.284. The predicted molar refractivity (Wildman–Crippen MR) is 49.4 cm³/mol.